The van der Waals surface area contributed by atoms with Crippen LogP contribution in [0.1, 0.15) is 41.0 Å². The normalized spacial score (nSPS) is 11.7. The Morgan fingerprint density at radius 3 is 2.24 bits per heavy atom. The molecule has 0 fully saturated rings. The summed E-state index contributed by atoms with van der Waals surface area (Å²) in [4.78, 5) is 11.6. The van der Waals surface area contributed by atoms with Crippen molar-refractivity contribution in [1.29, 1.82) is 0 Å². The van der Waals surface area contributed by atoms with Crippen LogP contribution in [-0.2, 0) is 16.8 Å². The number of aromatic carboxylic acids is 1. The predicted octanol–water partition coefficient (Wildman–Crippen LogP) is 8.09. The third-order valence-electron chi connectivity index (χ3n) is 7.23. The largest absolute Gasteiger partial charge is 0.485 e. The molecule has 0 aliphatic carbocycles. The van der Waals surface area contributed by atoms with Gasteiger partial charge in [0.2, 0.25) is 0 Å². The third-order valence-corrected chi connectivity index (χ3v) is 7.23. The van der Waals surface area contributed by atoms with Crippen LogP contribution in [-0.4, -0.2) is 29.4 Å². The fourth-order valence-corrected chi connectivity index (χ4v) is 5.36. The van der Waals surface area contributed by atoms with Gasteiger partial charge in [0.05, 0.1) is 23.1 Å². The molecule has 0 bridgehead atoms. The van der Waals surface area contributed by atoms with Crippen LogP contribution in [0.4, 0.5) is 8.78 Å². The first-order chi connectivity index (χ1) is 19.6. The summed E-state index contributed by atoms with van der Waals surface area (Å²) in [5.41, 5.74) is 4.38. The molecule has 0 radical (unpaired) electrons. The smallest absolute Gasteiger partial charge is 0.335 e. The van der Waals surface area contributed by atoms with Crippen molar-refractivity contribution in [3.8, 4) is 22.6 Å². The van der Waals surface area contributed by atoms with Crippen LogP contribution >= 0.6 is 0 Å². The molecule has 210 valence electrons. The molecule has 5 rings (SSSR count). The van der Waals surface area contributed by atoms with E-state index in [1.165, 1.54) is 24.3 Å². The van der Waals surface area contributed by atoms with Crippen molar-refractivity contribution in [3.63, 3.8) is 0 Å². The van der Waals surface area contributed by atoms with Gasteiger partial charge in [-0.1, -0.05) is 56.3 Å². The van der Waals surface area contributed by atoms with E-state index in [4.69, 9.17) is 9.47 Å². The van der Waals surface area contributed by atoms with Crippen LogP contribution in [0.5, 0.6) is 5.75 Å². The molecule has 5 aromatic rings. The molecule has 41 heavy (non-hydrogen) atoms. The highest BCUT2D eigenvalue weighted by atomic mass is 19.1. The standard InChI is InChI=1S/C34H31F2NO4/c1-21-18-25(14-15-26(21)35)37-28-17-16-27(36)31(41-19-22-8-6-5-7-9-22)30(28)29(32(37)34(2,3)20-40-4)23-10-12-24(13-11-23)33(38)39/h5-18H,19-20H2,1-4H3,(H,38,39). The third kappa shape index (κ3) is 5.33. The van der Waals surface area contributed by atoms with Crippen LogP contribution < -0.4 is 4.74 Å². The van der Waals surface area contributed by atoms with Crippen molar-refractivity contribution < 1.29 is 28.2 Å². The number of methoxy groups -OCH3 is 1. The molecule has 0 saturated carbocycles. The Balaban J connectivity index is 1.89. The van der Waals surface area contributed by atoms with Gasteiger partial charge in [-0.05, 0) is 66.1 Å². The lowest BCUT2D eigenvalue weighted by atomic mass is 9.84. The first-order valence-corrected chi connectivity index (χ1v) is 13.3. The van der Waals surface area contributed by atoms with Gasteiger partial charge >= 0.3 is 5.97 Å². The number of aryl methyl sites for hydroxylation is 1. The molecule has 5 nitrogen and oxygen atoms in total. The number of carboxylic acids is 1. The summed E-state index contributed by atoms with van der Waals surface area (Å²) in [6, 6.07) is 23.9. The van der Waals surface area contributed by atoms with Gasteiger partial charge in [0.1, 0.15) is 12.4 Å². The Bertz CT molecular complexity index is 1720. The average Bonchev–Trinajstić information content (AvgIpc) is 3.31. The van der Waals surface area contributed by atoms with E-state index < -0.39 is 17.2 Å². The Kier molecular flexibility index (Phi) is 7.65. The van der Waals surface area contributed by atoms with Crippen LogP contribution in [0, 0.1) is 18.6 Å². The summed E-state index contributed by atoms with van der Waals surface area (Å²) in [6.07, 6.45) is 0. The lowest BCUT2D eigenvalue weighted by Crippen LogP contribution is -2.27. The minimum absolute atomic E-state index is 0.0794. The number of rotatable bonds is 9. The lowest BCUT2D eigenvalue weighted by Gasteiger charge is -2.28. The van der Waals surface area contributed by atoms with E-state index in [9.17, 15) is 14.3 Å². The number of carboxylic acid groups (broad SMARTS) is 1. The minimum atomic E-state index is -1.04. The number of aromatic nitrogens is 1. The van der Waals surface area contributed by atoms with Gasteiger partial charge in [-0.2, -0.15) is 0 Å². The van der Waals surface area contributed by atoms with Crippen molar-refractivity contribution in [2.45, 2.75) is 32.8 Å². The van der Waals surface area contributed by atoms with E-state index in [0.29, 0.717) is 39.9 Å². The number of hydrogen-bond donors (Lipinski definition) is 1. The van der Waals surface area contributed by atoms with E-state index in [2.05, 4.69) is 0 Å². The van der Waals surface area contributed by atoms with Gasteiger partial charge in [-0.3, -0.25) is 0 Å². The zero-order chi connectivity index (χ0) is 29.3. The highest BCUT2D eigenvalue weighted by Crippen LogP contribution is 2.47. The summed E-state index contributed by atoms with van der Waals surface area (Å²) in [5, 5.41) is 10.0. The van der Waals surface area contributed by atoms with Gasteiger partial charge in [0.15, 0.2) is 11.6 Å². The monoisotopic (exact) mass is 555 g/mol. The Hall–Kier alpha value is -4.49. The second-order valence-corrected chi connectivity index (χ2v) is 10.7. The number of nitrogens with zero attached hydrogens (tertiary/aromatic N) is 1. The first kappa shape index (κ1) is 28.1. The molecule has 1 aromatic heterocycles. The highest BCUT2D eigenvalue weighted by Gasteiger charge is 2.34. The second kappa shape index (κ2) is 11.2. The molecule has 0 spiro atoms. The average molecular weight is 556 g/mol. The highest BCUT2D eigenvalue weighted by molar-refractivity contribution is 6.04. The number of carbonyl (C=O) groups is 1. The zero-order valence-corrected chi connectivity index (χ0v) is 23.4. The summed E-state index contributed by atoms with van der Waals surface area (Å²) >= 11 is 0. The van der Waals surface area contributed by atoms with Crippen LogP contribution in [0.3, 0.4) is 0 Å². The van der Waals surface area contributed by atoms with E-state index in [1.807, 2.05) is 48.7 Å². The van der Waals surface area contributed by atoms with Crippen molar-refractivity contribution >= 4 is 16.9 Å². The summed E-state index contributed by atoms with van der Waals surface area (Å²) in [5.74, 6) is -1.82. The van der Waals surface area contributed by atoms with Gasteiger partial charge in [-0.25, -0.2) is 13.6 Å². The van der Waals surface area contributed by atoms with Crippen LogP contribution in [0.2, 0.25) is 0 Å². The Morgan fingerprint density at radius 1 is 0.927 bits per heavy atom. The molecule has 7 heteroatoms. The fourth-order valence-electron chi connectivity index (χ4n) is 5.36. The van der Waals surface area contributed by atoms with Gasteiger partial charge < -0.3 is 19.1 Å². The minimum Gasteiger partial charge on any atom is -0.485 e. The van der Waals surface area contributed by atoms with Gasteiger partial charge in [0, 0.05) is 29.5 Å². The van der Waals surface area contributed by atoms with Gasteiger partial charge in [-0.15, -0.1) is 0 Å². The molecule has 4 aromatic carbocycles. The molecular weight excluding hydrogens is 524 g/mol. The molecule has 0 aliphatic heterocycles. The van der Waals surface area contributed by atoms with Crippen LogP contribution in [0.15, 0.2) is 84.9 Å². The van der Waals surface area contributed by atoms with E-state index in [1.54, 1.807) is 44.4 Å². The topological polar surface area (TPSA) is 60.7 Å². The van der Waals surface area contributed by atoms with Crippen molar-refractivity contribution in [2.75, 3.05) is 13.7 Å². The fraction of sp³-hybridized carbons (Fsp3) is 0.206. The van der Waals surface area contributed by atoms with Crippen molar-refractivity contribution in [1.82, 2.24) is 4.57 Å². The number of fused-ring (bicyclic) bond motifs is 1. The van der Waals surface area contributed by atoms with Crippen LogP contribution in [0.25, 0.3) is 27.7 Å². The van der Waals surface area contributed by atoms with Crippen molar-refractivity contribution in [2.24, 2.45) is 0 Å². The molecule has 0 saturated heterocycles. The summed E-state index contributed by atoms with van der Waals surface area (Å²) < 4.78 is 43.9. The maximum atomic E-state index is 15.7. The number of ether oxygens (including phenoxy) is 2. The molecule has 0 unspecified atom stereocenters. The maximum absolute atomic E-state index is 15.7. The molecule has 1 heterocycles. The lowest BCUT2D eigenvalue weighted by molar-refractivity contribution is 0.0697. The molecule has 0 aliphatic rings. The number of halogens is 2. The first-order valence-electron chi connectivity index (χ1n) is 13.3. The second-order valence-electron chi connectivity index (χ2n) is 10.7. The zero-order valence-electron chi connectivity index (χ0n) is 23.4. The Labute approximate surface area is 237 Å². The predicted molar refractivity (Wildman–Crippen MR) is 156 cm³/mol. The molecule has 0 amide bonds. The van der Waals surface area contributed by atoms with Gasteiger partial charge in [0.25, 0.3) is 0 Å². The Morgan fingerprint density at radius 2 is 1.61 bits per heavy atom. The van der Waals surface area contributed by atoms with E-state index in [0.717, 1.165) is 11.3 Å². The number of hydrogen-bond acceptors (Lipinski definition) is 3. The van der Waals surface area contributed by atoms with E-state index >= 15 is 4.39 Å². The van der Waals surface area contributed by atoms with E-state index in [-0.39, 0.29) is 23.7 Å². The molecular formula is C34H31F2NO4. The SMILES string of the molecule is COCC(C)(C)c1c(-c2ccc(C(=O)O)cc2)c2c(OCc3ccccc3)c(F)ccc2n1-c1ccc(F)c(C)c1. The quantitative estimate of drug-likeness (QED) is 0.200. The molecule has 0 atom stereocenters. The summed E-state index contributed by atoms with van der Waals surface area (Å²) in [7, 11) is 1.62. The summed E-state index contributed by atoms with van der Waals surface area (Å²) in [6.45, 7) is 6.21. The maximum Gasteiger partial charge on any atom is 0.335 e. The molecule has 1 N–H and O–H groups in total. The number of benzene rings is 4. The van der Waals surface area contributed by atoms with Crippen molar-refractivity contribution in [3.05, 3.63) is 119 Å².